The van der Waals surface area contributed by atoms with Crippen LogP contribution in [-0.4, -0.2) is 105 Å². The molecule has 0 bridgehead atoms. The van der Waals surface area contributed by atoms with E-state index in [9.17, 15) is 36.4 Å². The van der Waals surface area contributed by atoms with Crippen molar-refractivity contribution in [2.45, 2.75) is 98.8 Å². The van der Waals surface area contributed by atoms with E-state index in [1.54, 1.807) is 45.0 Å². The van der Waals surface area contributed by atoms with Gasteiger partial charge in [-0.3, -0.25) is 14.4 Å². The van der Waals surface area contributed by atoms with Gasteiger partial charge in [0.25, 0.3) is 0 Å². The second-order valence-electron chi connectivity index (χ2n) is 16.6. The lowest BCUT2D eigenvalue weighted by Gasteiger charge is -2.39. The Kier molecular flexibility index (Phi) is 13.2. The molecule has 1 aliphatic heterocycles. The SMILES string of the molecule is CN(C[C@@H](NC(=O)N[C@H](C(=O)N1C[C@H]2[C@@H]([C@H]1C(=O)N[C@@H](CC(F)F)C(=O)NCCc1ccccc1Cl)C2(C)C)C(C)(C)C)C(C)(C)C)S(C)(=O)=O. The van der Waals surface area contributed by atoms with Crippen LogP contribution >= 0.6 is 11.6 Å². The number of piperidine rings is 1. The average molecular weight is 761 g/mol. The Bertz CT molecular complexity index is 1560. The molecule has 1 heterocycles. The molecular weight excluding hydrogens is 706 g/mol. The van der Waals surface area contributed by atoms with Gasteiger partial charge in [-0.25, -0.2) is 26.3 Å². The van der Waals surface area contributed by atoms with Gasteiger partial charge in [-0.1, -0.05) is 85.2 Å². The number of rotatable bonds is 14. The van der Waals surface area contributed by atoms with Gasteiger partial charge in [0.05, 0.1) is 6.26 Å². The van der Waals surface area contributed by atoms with Crippen LogP contribution in [0.1, 0.15) is 67.4 Å². The number of amides is 5. The zero-order chi connectivity index (χ0) is 38.9. The molecule has 4 N–H and O–H groups in total. The van der Waals surface area contributed by atoms with Gasteiger partial charge in [0.2, 0.25) is 34.2 Å². The van der Waals surface area contributed by atoms with Crippen LogP contribution in [0.3, 0.4) is 0 Å². The summed E-state index contributed by atoms with van der Waals surface area (Å²) in [5.41, 5.74) is -0.944. The summed E-state index contributed by atoms with van der Waals surface area (Å²) in [4.78, 5) is 56.2. The van der Waals surface area contributed by atoms with E-state index in [1.807, 2.05) is 34.6 Å². The molecular formula is C35H55ClF2N6O6S. The molecule has 51 heavy (non-hydrogen) atoms. The molecule has 12 nitrogen and oxygen atoms in total. The summed E-state index contributed by atoms with van der Waals surface area (Å²) < 4.78 is 52.7. The molecule has 5 amide bonds. The number of nitrogens with one attached hydrogen (secondary N) is 4. The molecule has 0 unspecified atom stereocenters. The van der Waals surface area contributed by atoms with Crippen molar-refractivity contribution < 1.29 is 36.4 Å². The summed E-state index contributed by atoms with van der Waals surface area (Å²) in [7, 11) is -2.12. The zero-order valence-electron chi connectivity index (χ0n) is 31.3. The molecule has 1 aliphatic carbocycles. The highest BCUT2D eigenvalue weighted by molar-refractivity contribution is 7.88. The molecule has 6 atom stereocenters. The summed E-state index contributed by atoms with van der Waals surface area (Å²) in [6, 6.07) is 1.99. The highest BCUT2D eigenvalue weighted by Gasteiger charge is 2.70. The van der Waals surface area contributed by atoms with Crippen LogP contribution in [-0.2, 0) is 30.8 Å². The first-order valence-corrected chi connectivity index (χ1v) is 19.4. The topological polar surface area (TPSA) is 157 Å². The van der Waals surface area contributed by atoms with Crippen molar-refractivity contribution in [3.63, 3.8) is 0 Å². The predicted octanol–water partition coefficient (Wildman–Crippen LogP) is 3.64. The monoisotopic (exact) mass is 760 g/mol. The summed E-state index contributed by atoms with van der Waals surface area (Å²) >= 11 is 6.19. The van der Waals surface area contributed by atoms with E-state index in [1.165, 1.54) is 11.9 Å². The van der Waals surface area contributed by atoms with Gasteiger partial charge >= 0.3 is 6.03 Å². The van der Waals surface area contributed by atoms with Crippen molar-refractivity contribution in [2.75, 3.05) is 32.9 Å². The van der Waals surface area contributed by atoms with E-state index in [0.29, 0.717) is 11.4 Å². The minimum absolute atomic E-state index is 0.00986. The molecule has 16 heteroatoms. The van der Waals surface area contributed by atoms with Gasteiger partial charge in [-0.05, 0) is 46.1 Å². The molecule has 0 radical (unpaired) electrons. The number of urea groups is 1. The van der Waals surface area contributed by atoms with E-state index >= 15 is 0 Å². The summed E-state index contributed by atoms with van der Waals surface area (Å²) in [6.45, 7) is 15.1. The molecule has 1 aromatic carbocycles. The van der Waals surface area contributed by atoms with Crippen LogP contribution in [0.25, 0.3) is 0 Å². The van der Waals surface area contributed by atoms with Gasteiger partial charge in [-0.2, -0.15) is 0 Å². The number of likely N-dealkylation sites (N-methyl/N-ethyl adjacent to an activating group) is 1. The van der Waals surface area contributed by atoms with Crippen molar-refractivity contribution in [1.29, 1.82) is 0 Å². The Balaban J connectivity index is 1.80. The number of benzene rings is 1. The third-order valence-corrected chi connectivity index (χ3v) is 11.9. The van der Waals surface area contributed by atoms with E-state index in [0.717, 1.165) is 16.1 Å². The number of hydrogen-bond acceptors (Lipinski definition) is 6. The fourth-order valence-electron chi connectivity index (χ4n) is 6.70. The average Bonchev–Trinajstić information content (AvgIpc) is 3.29. The molecule has 288 valence electrons. The van der Waals surface area contributed by atoms with Crippen molar-refractivity contribution >= 4 is 45.4 Å². The first-order valence-electron chi connectivity index (χ1n) is 17.1. The Labute approximate surface area is 306 Å². The number of carbonyl (C=O) groups excluding carboxylic acids is 4. The third kappa shape index (κ3) is 10.8. The fourth-order valence-corrected chi connectivity index (χ4v) is 7.35. The zero-order valence-corrected chi connectivity index (χ0v) is 32.8. The number of hydrogen-bond donors (Lipinski definition) is 4. The Morgan fingerprint density at radius 2 is 1.63 bits per heavy atom. The third-order valence-electron chi connectivity index (χ3n) is 10.2. The van der Waals surface area contributed by atoms with Gasteiger partial charge in [0.15, 0.2) is 0 Å². The Hall–Kier alpha value is -3.04. The molecule has 2 aliphatic rings. The number of halogens is 3. The number of fused-ring (bicyclic) bond motifs is 1. The maximum absolute atomic E-state index is 14.3. The number of sulfonamides is 1. The van der Waals surface area contributed by atoms with Gasteiger partial charge in [-0.15, -0.1) is 0 Å². The second kappa shape index (κ2) is 15.9. The highest BCUT2D eigenvalue weighted by atomic mass is 35.5. The van der Waals surface area contributed by atoms with Crippen LogP contribution in [0, 0.1) is 28.1 Å². The first-order chi connectivity index (χ1) is 23.3. The van der Waals surface area contributed by atoms with E-state index < -0.39 is 81.6 Å². The van der Waals surface area contributed by atoms with Crippen molar-refractivity contribution in [3.05, 3.63) is 34.9 Å². The van der Waals surface area contributed by atoms with Crippen molar-refractivity contribution in [2.24, 2.45) is 28.1 Å². The molecule has 2 fully saturated rings. The maximum atomic E-state index is 14.3. The standard InChI is InChI=1S/C35H55ClF2N6O6S/c1-33(2,3)24(19-43(9)51(10,49)50)41-32(48)42-28(34(4,5)6)31(47)44-18-21-26(35(21,7)8)27(44)30(46)40-23(17-25(37)38)29(45)39-16-15-20-13-11-12-14-22(20)36/h11-14,21,23-28H,15-19H2,1-10H3,(H,39,45)(H,40,46)(H2,41,42,48)/t21-,23-,24+,26-,27-,28+/m0/s1. The van der Waals surface area contributed by atoms with E-state index in [4.69, 9.17) is 11.6 Å². The quantitative estimate of drug-likeness (QED) is 0.227. The van der Waals surface area contributed by atoms with Gasteiger partial charge < -0.3 is 26.2 Å². The van der Waals surface area contributed by atoms with Crippen LogP contribution in [0.4, 0.5) is 13.6 Å². The maximum Gasteiger partial charge on any atom is 0.315 e. The fraction of sp³-hybridized carbons (Fsp3) is 0.714. The molecule has 0 aromatic heterocycles. The molecule has 0 spiro atoms. The lowest BCUT2D eigenvalue weighted by molar-refractivity contribution is -0.144. The van der Waals surface area contributed by atoms with Crippen molar-refractivity contribution in [3.8, 4) is 0 Å². The van der Waals surface area contributed by atoms with Crippen LogP contribution < -0.4 is 21.3 Å². The van der Waals surface area contributed by atoms with Crippen LogP contribution in [0.2, 0.25) is 5.02 Å². The normalized spacial score (nSPS) is 21.8. The second-order valence-corrected chi connectivity index (χ2v) is 19.1. The summed E-state index contributed by atoms with van der Waals surface area (Å²) in [6.07, 6.45) is -2.39. The number of nitrogens with zero attached hydrogens (tertiary/aromatic N) is 2. The van der Waals surface area contributed by atoms with Gasteiger partial charge in [0, 0.05) is 44.2 Å². The minimum Gasteiger partial charge on any atom is -0.354 e. The summed E-state index contributed by atoms with van der Waals surface area (Å²) in [5.74, 6) is -2.37. The van der Waals surface area contributed by atoms with Crippen molar-refractivity contribution in [1.82, 2.24) is 30.5 Å². The first kappa shape index (κ1) is 42.4. The van der Waals surface area contributed by atoms with Crippen LogP contribution in [0.15, 0.2) is 24.3 Å². The number of likely N-dealkylation sites (tertiary alicyclic amines) is 1. The molecule has 3 rings (SSSR count). The largest absolute Gasteiger partial charge is 0.354 e. The lowest BCUT2D eigenvalue weighted by atomic mass is 9.85. The summed E-state index contributed by atoms with van der Waals surface area (Å²) in [5, 5.41) is 11.2. The molecule has 1 saturated carbocycles. The Morgan fingerprint density at radius 3 is 2.16 bits per heavy atom. The van der Waals surface area contributed by atoms with Gasteiger partial charge in [0.1, 0.15) is 18.1 Å². The number of alkyl halides is 2. The highest BCUT2D eigenvalue weighted by Crippen LogP contribution is 2.65. The predicted molar refractivity (Wildman–Crippen MR) is 193 cm³/mol. The molecule has 1 saturated heterocycles. The van der Waals surface area contributed by atoms with E-state index in [2.05, 4.69) is 21.3 Å². The molecule has 1 aromatic rings. The lowest BCUT2D eigenvalue weighted by Crippen LogP contribution is -2.62. The van der Waals surface area contributed by atoms with Crippen LogP contribution in [0.5, 0.6) is 0 Å². The number of carbonyl (C=O) groups is 4. The minimum atomic E-state index is -3.54. The Morgan fingerprint density at radius 1 is 1.02 bits per heavy atom. The smallest absolute Gasteiger partial charge is 0.315 e. The van der Waals surface area contributed by atoms with E-state index in [-0.39, 0.29) is 36.9 Å².